The minimum Gasteiger partial charge on any atom is -0.454 e. The van der Waals surface area contributed by atoms with Gasteiger partial charge in [0.1, 0.15) is 5.76 Å². The molecule has 2 heterocycles. The standard InChI is InChI=1S/C20H22N2O4/c1-11-15(13(3)26-22-11)9-10-18(23)25-14(4)20(24)19-12(2)21-17-8-6-5-7-16(17)19/h5-8,14,21H,9-10H2,1-4H3/t14-/m1/s1. The molecule has 6 heteroatoms. The number of carbonyl (C=O) groups is 2. The van der Waals surface area contributed by atoms with Gasteiger partial charge in [0.25, 0.3) is 0 Å². The van der Waals surface area contributed by atoms with Gasteiger partial charge >= 0.3 is 5.97 Å². The topological polar surface area (TPSA) is 85.2 Å². The second-order valence-corrected chi connectivity index (χ2v) is 6.47. The van der Waals surface area contributed by atoms with E-state index in [4.69, 9.17) is 9.26 Å². The molecule has 1 N–H and O–H groups in total. The molecular weight excluding hydrogens is 332 g/mol. The summed E-state index contributed by atoms with van der Waals surface area (Å²) in [6, 6.07) is 7.59. The number of aromatic amines is 1. The van der Waals surface area contributed by atoms with Crippen LogP contribution in [0.15, 0.2) is 28.8 Å². The third kappa shape index (κ3) is 3.40. The molecule has 0 saturated carbocycles. The van der Waals surface area contributed by atoms with Crippen LogP contribution in [0, 0.1) is 20.8 Å². The summed E-state index contributed by atoms with van der Waals surface area (Å²) in [5.74, 6) is 0.0859. The number of H-pyrrole nitrogens is 1. The molecule has 0 amide bonds. The summed E-state index contributed by atoms with van der Waals surface area (Å²) in [5, 5.41) is 4.71. The number of carbonyl (C=O) groups excluding carboxylic acids is 2. The minimum atomic E-state index is -0.843. The number of Topliss-reactive ketones (excluding diaryl/α,β-unsaturated/α-hetero) is 1. The molecule has 0 bridgehead atoms. The van der Waals surface area contributed by atoms with Crippen LogP contribution in [0.25, 0.3) is 10.9 Å². The number of ether oxygens (including phenoxy) is 1. The Morgan fingerprint density at radius 3 is 2.65 bits per heavy atom. The SMILES string of the molecule is Cc1noc(C)c1CCC(=O)O[C@H](C)C(=O)c1c(C)[nH]c2ccccc12. The highest BCUT2D eigenvalue weighted by Gasteiger charge is 2.24. The fourth-order valence-corrected chi connectivity index (χ4v) is 3.19. The summed E-state index contributed by atoms with van der Waals surface area (Å²) in [4.78, 5) is 28.1. The Hall–Kier alpha value is -2.89. The van der Waals surface area contributed by atoms with Crippen molar-refractivity contribution in [2.75, 3.05) is 0 Å². The van der Waals surface area contributed by atoms with E-state index < -0.39 is 12.1 Å². The molecule has 1 aromatic carbocycles. The van der Waals surface area contributed by atoms with E-state index in [9.17, 15) is 9.59 Å². The quantitative estimate of drug-likeness (QED) is 0.537. The van der Waals surface area contributed by atoms with E-state index in [1.54, 1.807) is 6.92 Å². The monoisotopic (exact) mass is 354 g/mol. The summed E-state index contributed by atoms with van der Waals surface area (Å²) in [5.41, 5.74) is 3.92. The maximum atomic E-state index is 12.8. The third-order valence-corrected chi connectivity index (χ3v) is 4.58. The summed E-state index contributed by atoms with van der Waals surface area (Å²) in [7, 11) is 0. The van der Waals surface area contributed by atoms with E-state index in [-0.39, 0.29) is 12.2 Å². The number of nitrogens with zero attached hydrogens (tertiary/aromatic N) is 1. The highest BCUT2D eigenvalue weighted by atomic mass is 16.5. The van der Waals surface area contributed by atoms with Gasteiger partial charge in [-0.15, -0.1) is 0 Å². The van der Waals surface area contributed by atoms with Crippen molar-refractivity contribution in [1.82, 2.24) is 10.1 Å². The van der Waals surface area contributed by atoms with Gasteiger partial charge in [-0.1, -0.05) is 23.4 Å². The molecule has 0 aliphatic heterocycles. The first-order valence-electron chi connectivity index (χ1n) is 8.61. The first kappa shape index (κ1) is 17.9. The van der Waals surface area contributed by atoms with Crippen molar-refractivity contribution in [3.63, 3.8) is 0 Å². The number of aromatic nitrogens is 2. The number of fused-ring (bicyclic) bond motifs is 1. The summed E-state index contributed by atoms with van der Waals surface area (Å²) < 4.78 is 10.5. The van der Waals surface area contributed by atoms with E-state index in [0.717, 1.165) is 27.9 Å². The number of para-hydroxylation sites is 1. The molecule has 0 fully saturated rings. The molecular formula is C20H22N2O4. The lowest BCUT2D eigenvalue weighted by Gasteiger charge is -2.12. The van der Waals surface area contributed by atoms with Crippen LogP contribution in [0.3, 0.4) is 0 Å². The van der Waals surface area contributed by atoms with Gasteiger partial charge in [-0.2, -0.15) is 0 Å². The second kappa shape index (κ2) is 7.15. The number of aryl methyl sites for hydroxylation is 3. The van der Waals surface area contributed by atoms with Crippen LogP contribution in [0.4, 0.5) is 0 Å². The summed E-state index contributed by atoms with van der Waals surface area (Å²) >= 11 is 0. The van der Waals surface area contributed by atoms with E-state index in [1.807, 2.05) is 45.0 Å². The highest BCUT2D eigenvalue weighted by molar-refractivity contribution is 6.11. The average molecular weight is 354 g/mol. The van der Waals surface area contributed by atoms with E-state index in [0.29, 0.717) is 17.7 Å². The third-order valence-electron chi connectivity index (χ3n) is 4.58. The first-order valence-corrected chi connectivity index (χ1v) is 8.61. The zero-order chi connectivity index (χ0) is 18.8. The molecule has 2 aromatic heterocycles. The molecule has 0 unspecified atom stereocenters. The normalized spacial score (nSPS) is 12.3. The van der Waals surface area contributed by atoms with Crippen LogP contribution < -0.4 is 0 Å². The van der Waals surface area contributed by atoms with Crippen LogP contribution >= 0.6 is 0 Å². The molecule has 3 rings (SSSR count). The van der Waals surface area contributed by atoms with Crippen LogP contribution in [0.1, 0.15) is 46.4 Å². The average Bonchev–Trinajstić information content (AvgIpc) is 3.10. The molecule has 0 spiro atoms. The van der Waals surface area contributed by atoms with Crippen molar-refractivity contribution in [3.05, 3.63) is 52.5 Å². The van der Waals surface area contributed by atoms with Gasteiger partial charge in [-0.05, 0) is 40.2 Å². The van der Waals surface area contributed by atoms with E-state index >= 15 is 0 Å². The van der Waals surface area contributed by atoms with Crippen molar-refractivity contribution in [2.45, 2.75) is 46.6 Å². The smallest absolute Gasteiger partial charge is 0.306 e. The van der Waals surface area contributed by atoms with Crippen LogP contribution in [0.2, 0.25) is 0 Å². The van der Waals surface area contributed by atoms with Gasteiger partial charge in [0.05, 0.1) is 5.69 Å². The predicted molar refractivity (Wildman–Crippen MR) is 97.2 cm³/mol. The van der Waals surface area contributed by atoms with Gasteiger partial charge in [-0.25, -0.2) is 0 Å². The minimum absolute atomic E-state index is 0.174. The number of hydrogen-bond acceptors (Lipinski definition) is 5. The zero-order valence-corrected chi connectivity index (χ0v) is 15.4. The second-order valence-electron chi connectivity index (χ2n) is 6.47. The summed E-state index contributed by atoms with van der Waals surface area (Å²) in [6.07, 6.45) is -0.189. The lowest BCUT2D eigenvalue weighted by Crippen LogP contribution is -2.25. The number of benzene rings is 1. The van der Waals surface area contributed by atoms with Crippen molar-refractivity contribution in [2.24, 2.45) is 0 Å². The Morgan fingerprint density at radius 1 is 1.23 bits per heavy atom. The molecule has 0 aliphatic carbocycles. The lowest BCUT2D eigenvalue weighted by molar-refractivity contribution is -0.146. The molecule has 6 nitrogen and oxygen atoms in total. The lowest BCUT2D eigenvalue weighted by atomic mass is 10.0. The molecule has 0 saturated heterocycles. The van der Waals surface area contributed by atoms with Gasteiger partial charge in [0.15, 0.2) is 6.10 Å². The van der Waals surface area contributed by atoms with Crippen molar-refractivity contribution in [3.8, 4) is 0 Å². The number of esters is 1. The van der Waals surface area contributed by atoms with Crippen LogP contribution in [-0.2, 0) is 16.0 Å². The number of hydrogen-bond donors (Lipinski definition) is 1. The van der Waals surface area contributed by atoms with Crippen LogP contribution in [-0.4, -0.2) is 28.0 Å². The van der Waals surface area contributed by atoms with Crippen molar-refractivity contribution < 1.29 is 18.8 Å². The maximum Gasteiger partial charge on any atom is 0.306 e. The molecule has 3 aromatic rings. The predicted octanol–water partition coefficient (Wildman–Crippen LogP) is 3.83. The summed E-state index contributed by atoms with van der Waals surface area (Å²) in [6.45, 7) is 7.10. The van der Waals surface area contributed by atoms with Crippen LogP contribution in [0.5, 0.6) is 0 Å². The van der Waals surface area contributed by atoms with E-state index in [1.165, 1.54) is 0 Å². The first-order chi connectivity index (χ1) is 12.4. The zero-order valence-electron chi connectivity index (χ0n) is 15.4. The van der Waals surface area contributed by atoms with Gasteiger partial charge in [0.2, 0.25) is 5.78 Å². The van der Waals surface area contributed by atoms with Gasteiger partial charge in [0, 0.05) is 34.1 Å². The largest absolute Gasteiger partial charge is 0.454 e. The highest BCUT2D eigenvalue weighted by Crippen LogP contribution is 2.24. The Morgan fingerprint density at radius 2 is 1.96 bits per heavy atom. The van der Waals surface area contributed by atoms with E-state index in [2.05, 4.69) is 10.1 Å². The number of ketones is 1. The molecule has 136 valence electrons. The fourth-order valence-electron chi connectivity index (χ4n) is 3.19. The van der Waals surface area contributed by atoms with Gasteiger partial charge < -0.3 is 14.2 Å². The Kier molecular flexibility index (Phi) is 4.93. The molecule has 0 radical (unpaired) electrons. The Labute approximate surface area is 151 Å². The Balaban J connectivity index is 1.67. The number of nitrogens with one attached hydrogen (secondary N) is 1. The van der Waals surface area contributed by atoms with Crippen molar-refractivity contribution in [1.29, 1.82) is 0 Å². The fraction of sp³-hybridized carbons (Fsp3) is 0.350. The van der Waals surface area contributed by atoms with Crippen molar-refractivity contribution >= 4 is 22.7 Å². The Bertz CT molecular complexity index is 948. The molecule has 26 heavy (non-hydrogen) atoms. The maximum absolute atomic E-state index is 12.8. The number of rotatable bonds is 6. The molecule has 1 atom stereocenters. The molecule has 0 aliphatic rings. The van der Waals surface area contributed by atoms with Gasteiger partial charge in [-0.3, -0.25) is 9.59 Å².